The highest BCUT2D eigenvalue weighted by Gasteiger charge is 2.08. The van der Waals surface area contributed by atoms with Gasteiger partial charge in [-0.15, -0.1) is 0 Å². The molecular weight excluding hydrogens is 262 g/mol. The topological polar surface area (TPSA) is 66.9 Å². The molecule has 0 fully saturated rings. The molecule has 6 heteroatoms. The first-order valence-electron chi connectivity index (χ1n) is 6.49. The number of carbonyl (C=O) groups excluding carboxylic acids is 1. The van der Waals surface area contributed by atoms with E-state index in [1.807, 2.05) is 0 Å². The van der Waals surface area contributed by atoms with Gasteiger partial charge in [-0.25, -0.2) is 4.98 Å². The van der Waals surface area contributed by atoms with Crippen molar-refractivity contribution in [2.24, 2.45) is 0 Å². The first kappa shape index (κ1) is 16.6. The fraction of sp³-hybridized carbons (Fsp3) is 0.571. The van der Waals surface area contributed by atoms with Crippen LogP contribution in [-0.2, 0) is 14.2 Å². The van der Waals surface area contributed by atoms with Crippen LogP contribution in [0.2, 0.25) is 0 Å². The Morgan fingerprint density at radius 1 is 1.10 bits per heavy atom. The van der Waals surface area contributed by atoms with E-state index < -0.39 is 0 Å². The third-order valence-corrected chi connectivity index (χ3v) is 2.42. The second-order valence-corrected chi connectivity index (χ2v) is 3.98. The van der Waals surface area contributed by atoms with E-state index in [0.717, 1.165) is 0 Å². The molecule has 0 bridgehead atoms. The number of ketones is 1. The smallest absolute Gasteiger partial charge is 0.224 e. The Morgan fingerprint density at radius 2 is 1.75 bits per heavy atom. The minimum absolute atomic E-state index is 0.0689. The predicted octanol–water partition coefficient (Wildman–Crippen LogP) is 1.34. The van der Waals surface area contributed by atoms with Crippen molar-refractivity contribution in [3.8, 4) is 5.88 Å². The van der Waals surface area contributed by atoms with Gasteiger partial charge in [-0.2, -0.15) is 0 Å². The van der Waals surface area contributed by atoms with Crippen molar-refractivity contribution in [3.05, 3.63) is 23.9 Å². The summed E-state index contributed by atoms with van der Waals surface area (Å²) in [6.07, 6.45) is 1.59. The molecule has 1 heterocycles. The van der Waals surface area contributed by atoms with Gasteiger partial charge in [0.15, 0.2) is 5.78 Å². The molecule has 0 N–H and O–H groups in total. The van der Waals surface area contributed by atoms with Crippen molar-refractivity contribution in [2.45, 2.75) is 6.92 Å². The first-order valence-corrected chi connectivity index (χ1v) is 6.49. The van der Waals surface area contributed by atoms with Gasteiger partial charge in [0, 0.05) is 13.3 Å². The van der Waals surface area contributed by atoms with Crippen molar-refractivity contribution in [2.75, 3.05) is 46.8 Å². The molecule has 0 aromatic carbocycles. The summed E-state index contributed by atoms with van der Waals surface area (Å²) >= 11 is 0. The van der Waals surface area contributed by atoms with Gasteiger partial charge in [-0.3, -0.25) is 4.79 Å². The summed E-state index contributed by atoms with van der Waals surface area (Å²) in [4.78, 5) is 15.4. The lowest BCUT2D eigenvalue weighted by Crippen LogP contribution is -2.13. The van der Waals surface area contributed by atoms with Gasteiger partial charge in [0.25, 0.3) is 0 Å². The molecule has 1 aromatic rings. The van der Waals surface area contributed by atoms with Crippen LogP contribution in [0.15, 0.2) is 18.3 Å². The fourth-order valence-corrected chi connectivity index (χ4v) is 1.44. The third-order valence-electron chi connectivity index (χ3n) is 2.42. The van der Waals surface area contributed by atoms with Crippen LogP contribution in [0.4, 0.5) is 0 Å². The Kier molecular flexibility index (Phi) is 8.53. The van der Waals surface area contributed by atoms with Crippen LogP contribution in [0.25, 0.3) is 0 Å². The Hall–Kier alpha value is -1.50. The van der Waals surface area contributed by atoms with Gasteiger partial charge in [0.05, 0.1) is 38.6 Å². The summed E-state index contributed by atoms with van der Waals surface area (Å²) in [6, 6.07) is 3.40. The summed E-state index contributed by atoms with van der Waals surface area (Å²) in [5.74, 6) is 0.278. The number of nitrogens with zero attached hydrogens (tertiary/aromatic N) is 1. The van der Waals surface area contributed by atoms with Crippen LogP contribution >= 0.6 is 0 Å². The Bertz CT molecular complexity index is 397. The maximum atomic E-state index is 11.3. The second-order valence-electron chi connectivity index (χ2n) is 3.98. The fourth-order valence-electron chi connectivity index (χ4n) is 1.44. The lowest BCUT2D eigenvalue weighted by atomic mass is 10.2. The minimum Gasteiger partial charge on any atom is -0.475 e. The van der Waals surface area contributed by atoms with E-state index in [4.69, 9.17) is 18.9 Å². The van der Waals surface area contributed by atoms with E-state index in [2.05, 4.69) is 4.98 Å². The second kappa shape index (κ2) is 10.3. The van der Waals surface area contributed by atoms with Gasteiger partial charge in [0.2, 0.25) is 5.88 Å². The molecule has 6 nitrogen and oxygen atoms in total. The highest BCUT2D eigenvalue weighted by molar-refractivity contribution is 5.96. The molecule has 0 aliphatic carbocycles. The number of hydrogen-bond donors (Lipinski definition) is 0. The van der Waals surface area contributed by atoms with Crippen LogP contribution in [-0.4, -0.2) is 57.5 Å². The van der Waals surface area contributed by atoms with Crippen molar-refractivity contribution >= 4 is 5.78 Å². The number of carbonyl (C=O) groups is 1. The van der Waals surface area contributed by atoms with Gasteiger partial charge in [-0.1, -0.05) is 0 Å². The summed E-state index contributed by atoms with van der Waals surface area (Å²) in [6.45, 7) is 4.40. The van der Waals surface area contributed by atoms with Crippen LogP contribution < -0.4 is 4.74 Å². The number of rotatable bonds is 11. The minimum atomic E-state index is -0.0689. The van der Waals surface area contributed by atoms with Crippen molar-refractivity contribution in [3.63, 3.8) is 0 Å². The zero-order chi connectivity index (χ0) is 14.6. The zero-order valence-electron chi connectivity index (χ0n) is 12.0. The summed E-state index contributed by atoms with van der Waals surface area (Å²) in [7, 11) is 1.63. The average molecular weight is 283 g/mol. The van der Waals surface area contributed by atoms with E-state index in [9.17, 15) is 4.79 Å². The Labute approximate surface area is 119 Å². The van der Waals surface area contributed by atoms with Crippen LogP contribution in [0, 0.1) is 0 Å². The lowest BCUT2D eigenvalue weighted by Gasteiger charge is -2.09. The maximum absolute atomic E-state index is 11.3. The number of hydrogen-bond acceptors (Lipinski definition) is 6. The average Bonchev–Trinajstić information content (AvgIpc) is 2.46. The molecule has 0 aliphatic rings. The lowest BCUT2D eigenvalue weighted by molar-refractivity contribution is 0.0176. The number of pyridine rings is 1. The highest BCUT2D eigenvalue weighted by atomic mass is 16.6. The number of methoxy groups -OCH3 is 1. The van der Waals surface area contributed by atoms with Crippen LogP contribution in [0.1, 0.15) is 17.3 Å². The maximum Gasteiger partial charge on any atom is 0.224 e. The molecule has 0 amide bonds. The zero-order valence-corrected chi connectivity index (χ0v) is 12.0. The molecular formula is C14H21NO5. The van der Waals surface area contributed by atoms with E-state index in [1.165, 1.54) is 6.92 Å². The summed E-state index contributed by atoms with van der Waals surface area (Å²) < 4.78 is 20.8. The molecule has 0 radical (unpaired) electrons. The van der Waals surface area contributed by atoms with Crippen LogP contribution in [0.3, 0.4) is 0 Å². The molecule has 1 aromatic heterocycles. The molecule has 0 saturated heterocycles. The van der Waals surface area contributed by atoms with E-state index in [0.29, 0.717) is 51.1 Å². The molecule has 112 valence electrons. The molecule has 1 rings (SSSR count). The first-order chi connectivity index (χ1) is 9.75. The van der Waals surface area contributed by atoms with Gasteiger partial charge >= 0.3 is 0 Å². The van der Waals surface area contributed by atoms with E-state index in [1.54, 1.807) is 25.4 Å². The SMILES string of the molecule is COCCOCCOCCOc1ncccc1C(C)=O. The van der Waals surface area contributed by atoms with Crippen molar-refractivity contribution in [1.29, 1.82) is 0 Å². The number of aromatic nitrogens is 1. The Balaban J connectivity index is 2.11. The van der Waals surface area contributed by atoms with E-state index >= 15 is 0 Å². The predicted molar refractivity (Wildman–Crippen MR) is 73.3 cm³/mol. The summed E-state index contributed by atoms with van der Waals surface area (Å²) in [5.41, 5.74) is 0.482. The van der Waals surface area contributed by atoms with E-state index in [-0.39, 0.29) is 5.78 Å². The van der Waals surface area contributed by atoms with Gasteiger partial charge < -0.3 is 18.9 Å². The molecule has 0 saturated carbocycles. The Morgan fingerprint density at radius 3 is 2.40 bits per heavy atom. The quantitative estimate of drug-likeness (QED) is 0.451. The van der Waals surface area contributed by atoms with Crippen LogP contribution in [0.5, 0.6) is 5.88 Å². The van der Waals surface area contributed by atoms with Crippen molar-refractivity contribution in [1.82, 2.24) is 4.98 Å². The molecule has 0 spiro atoms. The molecule has 20 heavy (non-hydrogen) atoms. The number of ether oxygens (including phenoxy) is 4. The standard InChI is InChI=1S/C14H21NO5/c1-12(16)13-4-3-5-15-14(13)20-11-10-19-9-8-18-7-6-17-2/h3-5H,6-11H2,1-2H3. The van der Waals surface area contributed by atoms with Gasteiger partial charge in [0.1, 0.15) is 6.61 Å². The highest BCUT2D eigenvalue weighted by Crippen LogP contribution is 2.14. The number of Topliss-reactive ketones (excluding diaryl/α,β-unsaturated/α-hetero) is 1. The molecule has 0 atom stereocenters. The third kappa shape index (κ3) is 6.60. The summed E-state index contributed by atoms with van der Waals surface area (Å²) in [5, 5.41) is 0. The molecule has 0 aliphatic heterocycles. The van der Waals surface area contributed by atoms with Crippen molar-refractivity contribution < 1.29 is 23.7 Å². The monoisotopic (exact) mass is 283 g/mol. The largest absolute Gasteiger partial charge is 0.475 e. The normalized spacial score (nSPS) is 10.5. The van der Waals surface area contributed by atoms with Gasteiger partial charge in [-0.05, 0) is 19.1 Å². The molecule has 0 unspecified atom stereocenters.